The van der Waals surface area contributed by atoms with Gasteiger partial charge in [0.1, 0.15) is 0 Å². The Bertz CT molecular complexity index is 2100. The minimum absolute atomic E-state index is 0. The van der Waals surface area contributed by atoms with E-state index in [2.05, 4.69) is 260 Å². The Labute approximate surface area is 602 Å². The molecular formula is C84H152N4Si4Ti. The predicted molar refractivity (Wildman–Crippen MR) is 429 cm³/mol. The summed E-state index contributed by atoms with van der Waals surface area (Å²) >= 11 is 0. The maximum atomic E-state index is 5.42. The van der Waals surface area contributed by atoms with Gasteiger partial charge in [0, 0.05) is 35.2 Å². The van der Waals surface area contributed by atoms with Gasteiger partial charge in [-0.25, -0.2) is 0 Å². The van der Waals surface area contributed by atoms with Crippen LogP contribution in [0, 0.1) is 21.7 Å². The standard InChI is InChI=1S/4C21H38NSi.Ti/c4*1-19(2)20(3,22-18-14-10-11-15-18)16-12-8-7-9-13-17-21(19,4)23(5)6;/h4*10-11,14-15,18,23H,7-9,12-13,16-17H2,1-6H3;/q4*-1;+4. The molecule has 4 fully saturated rings. The Morgan fingerprint density at radius 3 is 0.484 bits per heavy atom. The molecule has 4 saturated carbocycles. The van der Waals surface area contributed by atoms with Crippen LogP contribution in [0.15, 0.2) is 97.2 Å². The molecule has 0 heterocycles. The summed E-state index contributed by atoms with van der Waals surface area (Å²) in [6.45, 7) is 61.0. The summed E-state index contributed by atoms with van der Waals surface area (Å²) in [5.41, 5.74) is 1.29. The first-order chi connectivity index (χ1) is 42.9. The minimum atomic E-state index is -0.801. The first-order valence-corrected chi connectivity index (χ1v) is 50.7. The monoisotopic (exact) mass is 1380 g/mol. The van der Waals surface area contributed by atoms with E-state index in [1.807, 2.05) is 0 Å². The van der Waals surface area contributed by atoms with Gasteiger partial charge in [0.2, 0.25) is 0 Å². The summed E-state index contributed by atoms with van der Waals surface area (Å²) in [5.74, 6) is 0. The second-order valence-corrected chi connectivity index (χ2v) is 50.8. The molecule has 9 heteroatoms. The molecule has 8 atom stereocenters. The maximum absolute atomic E-state index is 5.42. The third-order valence-electron chi connectivity index (χ3n) is 30.3. The Balaban J connectivity index is 0.000000263. The zero-order chi connectivity index (χ0) is 68.6. The van der Waals surface area contributed by atoms with Crippen LogP contribution in [0.5, 0.6) is 0 Å². The summed E-state index contributed by atoms with van der Waals surface area (Å²) in [7, 11) is -3.21. The van der Waals surface area contributed by atoms with Crippen molar-refractivity contribution in [3.8, 4) is 0 Å². The quantitative estimate of drug-likeness (QED) is 0.175. The van der Waals surface area contributed by atoms with Crippen molar-refractivity contribution in [2.75, 3.05) is 0 Å². The van der Waals surface area contributed by atoms with Gasteiger partial charge in [-0.3, -0.25) is 0 Å². The molecule has 93 heavy (non-hydrogen) atoms. The average molecular weight is 1380 g/mol. The van der Waals surface area contributed by atoms with Crippen LogP contribution >= 0.6 is 0 Å². The van der Waals surface area contributed by atoms with Crippen molar-refractivity contribution in [1.29, 1.82) is 0 Å². The van der Waals surface area contributed by atoms with Gasteiger partial charge >= 0.3 is 21.7 Å². The van der Waals surface area contributed by atoms with Crippen LogP contribution < -0.4 is 0 Å². The smallest absolute Gasteiger partial charge is 0.647 e. The van der Waals surface area contributed by atoms with Crippen LogP contribution in [0.3, 0.4) is 0 Å². The van der Waals surface area contributed by atoms with E-state index in [-0.39, 0.29) is 65.5 Å². The van der Waals surface area contributed by atoms with Crippen molar-refractivity contribution in [2.24, 2.45) is 21.7 Å². The van der Waals surface area contributed by atoms with E-state index in [1.54, 1.807) is 0 Å². The first-order valence-electron chi connectivity index (χ1n) is 39.2. The Kier molecular flexibility index (Phi) is 33.1. The van der Waals surface area contributed by atoms with E-state index in [9.17, 15) is 0 Å². The second-order valence-electron chi connectivity index (χ2n) is 36.5. The van der Waals surface area contributed by atoms with Crippen molar-refractivity contribution < 1.29 is 21.7 Å². The van der Waals surface area contributed by atoms with Crippen LogP contribution in [-0.2, 0) is 21.7 Å². The van der Waals surface area contributed by atoms with E-state index in [0.29, 0.717) is 44.3 Å². The summed E-state index contributed by atoms with van der Waals surface area (Å²) in [4.78, 5) is 0. The van der Waals surface area contributed by atoms with Crippen LogP contribution in [0.1, 0.15) is 291 Å². The second kappa shape index (κ2) is 36.3. The van der Waals surface area contributed by atoms with E-state index in [0.717, 1.165) is 0 Å². The van der Waals surface area contributed by atoms with Gasteiger partial charge in [0.05, 0.1) is 0 Å². The molecule has 0 saturated heterocycles. The van der Waals surface area contributed by atoms with Crippen molar-refractivity contribution in [2.45, 2.75) is 409 Å². The summed E-state index contributed by atoms with van der Waals surface area (Å²) in [5, 5.41) is 23.5. The van der Waals surface area contributed by atoms with Crippen molar-refractivity contribution in [3.05, 3.63) is 118 Å². The molecule has 0 aromatic carbocycles. The van der Waals surface area contributed by atoms with Crippen LogP contribution in [0.25, 0.3) is 21.3 Å². The van der Waals surface area contributed by atoms with Gasteiger partial charge in [0.25, 0.3) is 0 Å². The molecule has 0 spiro atoms. The Morgan fingerprint density at radius 1 is 0.215 bits per heavy atom. The number of hydrogen-bond donors (Lipinski definition) is 0. The van der Waals surface area contributed by atoms with Crippen molar-refractivity contribution in [3.63, 3.8) is 0 Å². The van der Waals surface area contributed by atoms with Gasteiger partial charge in [-0.2, -0.15) is 0 Å². The van der Waals surface area contributed by atoms with E-state index >= 15 is 0 Å². The van der Waals surface area contributed by atoms with E-state index in [1.165, 1.54) is 180 Å². The molecule has 0 N–H and O–H groups in total. The van der Waals surface area contributed by atoms with Gasteiger partial charge in [-0.15, -0.1) is 22.2 Å². The number of allylic oxidation sites excluding steroid dienone is 8. The molecule has 8 unspecified atom stereocenters. The first kappa shape index (κ1) is 84.8. The van der Waals surface area contributed by atoms with Gasteiger partial charge in [0.15, 0.2) is 0 Å². The fraction of sp³-hybridized carbons (Fsp3) is 0.810. The third-order valence-corrected chi connectivity index (χ3v) is 44.5. The Hall–Kier alpha value is -0.658. The normalized spacial score (nSPS) is 35.4. The number of nitrogens with zero attached hydrogens (tertiary/aromatic N) is 4. The SMILES string of the molecule is C[SiH](C)C1(C)CCCCCCCC(C)([N-]C2C=CC=C2)C1(C)C.C[SiH](C)C1(C)CCCCCCCC(C)([N-]C2C=CC=C2)C1(C)C.C[SiH](C)C1(C)CCCCCCCC(C)([N-]C2C=CC=C2)C1(C)C.C[SiH](C)C1(C)CCCCCCCC(C)([N-]C2C=CC=C2)C1(C)C.[Ti+4]. The average Bonchev–Trinajstić information content (AvgIpc) is 1.39. The predicted octanol–water partition coefficient (Wildman–Crippen LogP) is 26.5. The van der Waals surface area contributed by atoms with Gasteiger partial charge in [-0.05, 0) is 41.8 Å². The zero-order valence-corrected chi connectivity index (χ0v) is 72.1. The molecule has 0 radical (unpaired) electrons. The minimum Gasteiger partial charge on any atom is -0.647 e. The van der Waals surface area contributed by atoms with Crippen LogP contribution in [0.2, 0.25) is 72.5 Å². The molecule has 8 aliphatic carbocycles. The summed E-state index contributed by atoms with van der Waals surface area (Å²) in [6, 6.07) is 1.17. The van der Waals surface area contributed by atoms with Crippen LogP contribution in [0.4, 0.5) is 0 Å². The number of rotatable bonds is 12. The molecule has 4 nitrogen and oxygen atoms in total. The zero-order valence-electron chi connectivity index (χ0n) is 65.9. The molecular weight excluding hydrogens is 1230 g/mol. The molecule has 8 rings (SSSR count). The fourth-order valence-electron chi connectivity index (χ4n) is 19.2. The van der Waals surface area contributed by atoms with E-state index < -0.39 is 35.2 Å². The molecule has 0 amide bonds. The van der Waals surface area contributed by atoms with Gasteiger partial charge in [-0.1, -0.05) is 464 Å². The van der Waals surface area contributed by atoms with Crippen molar-refractivity contribution in [1.82, 2.24) is 0 Å². The third kappa shape index (κ3) is 19.9. The van der Waals surface area contributed by atoms with Gasteiger partial charge < -0.3 is 21.3 Å². The molecule has 0 aromatic rings. The molecule has 528 valence electrons. The fourth-order valence-corrected chi connectivity index (χ4v) is 29.4. The maximum Gasteiger partial charge on any atom is 4.00 e. The molecule has 0 aromatic heterocycles. The van der Waals surface area contributed by atoms with Crippen LogP contribution in [-0.4, -0.2) is 81.5 Å². The summed E-state index contributed by atoms with van der Waals surface area (Å²) in [6.07, 6.45) is 73.7. The molecule has 0 bridgehead atoms. The topological polar surface area (TPSA) is 56.4 Å². The molecule has 8 aliphatic rings. The number of hydrogen-bond acceptors (Lipinski definition) is 0. The summed E-state index contributed by atoms with van der Waals surface area (Å²) < 4.78 is 0. The van der Waals surface area contributed by atoms with E-state index in [4.69, 9.17) is 21.3 Å². The Morgan fingerprint density at radius 2 is 0.344 bits per heavy atom. The molecule has 0 aliphatic heterocycles. The van der Waals surface area contributed by atoms with Crippen molar-refractivity contribution >= 4 is 35.2 Å². The largest absolute Gasteiger partial charge is 4.00 e.